The number of aliphatic hydroxyl groups is 1. The van der Waals surface area contributed by atoms with Gasteiger partial charge in [0.2, 0.25) is 0 Å². The molecule has 186 valence electrons. The van der Waals surface area contributed by atoms with E-state index in [2.05, 4.69) is 20.6 Å². The first-order valence-electron chi connectivity index (χ1n) is 10.9. The first-order valence-corrected chi connectivity index (χ1v) is 11.7. The van der Waals surface area contributed by atoms with Crippen LogP contribution in [0.4, 0.5) is 19.0 Å². The summed E-state index contributed by atoms with van der Waals surface area (Å²) < 4.78 is 41.8. The number of halogens is 3. The minimum absolute atomic E-state index is 0.0151. The quantitative estimate of drug-likeness (QED) is 0.559. The van der Waals surface area contributed by atoms with Gasteiger partial charge in [0, 0.05) is 37.9 Å². The van der Waals surface area contributed by atoms with Crippen LogP contribution < -0.4 is 10.6 Å². The first-order chi connectivity index (χ1) is 15.8. The third-order valence-electron chi connectivity index (χ3n) is 5.48. The molecule has 8 nitrogen and oxygen atoms in total. The minimum Gasteiger partial charge on any atom is -0.389 e. The molecule has 3 heterocycles. The van der Waals surface area contributed by atoms with Crippen LogP contribution in [0.3, 0.4) is 0 Å². The van der Waals surface area contributed by atoms with Crippen molar-refractivity contribution in [2.45, 2.75) is 57.9 Å². The summed E-state index contributed by atoms with van der Waals surface area (Å²) in [6.07, 6.45) is -1.18. The van der Waals surface area contributed by atoms with E-state index >= 15 is 0 Å². The Hall–Kier alpha value is -2.73. The molecule has 0 spiro atoms. The summed E-state index contributed by atoms with van der Waals surface area (Å²) in [5, 5.41) is 14.8. The first kappa shape index (κ1) is 25.9. The van der Waals surface area contributed by atoms with E-state index in [9.17, 15) is 27.9 Å². The zero-order chi connectivity index (χ0) is 25.3. The SMILES string of the molecule is CNc1cc(C(F)(F)F)c(-c2sc(C(=O)NCC(C)(C)O)nc2C(=O)N2CCCCC2C)cn1. The molecule has 1 aliphatic rings. The van der Waals surface area contributed by atoms with Crippen molar-refractivity contribution in [1.29, 1.82) is 0 Å². The Kier molecular flexibility index (Phi) is 7.51. The number of likely N-dealkylation sites (tertiary alicyclic amines) is 1. The second-order valence-electron chi connectivity index (χ2n) is 8.90. The number of rotatable bonds is 6. The van der Waals surface area contributed by atoms with Gasteiger partial charge in [0.15, 0.2) is 5.01 Å². The number of amides is 2. The van der Waals surface area contributed by atoms with Gasteiger partial charge in [0.25, 0.3) is 11.8 Å². The lowest BCUT2D eigenvalue weighted by atomic mass is 10.0. The third kappa shape index (κ3) is 5.84. The molecule has 1 saturated heterocycles. The van der Waals surface area contributed by atoms with E-state index in [1.807, 2.05) is 6.92 Å². The Morgan fingerprint density at radius 2 is 2.00 bits per heavy atom. The van der Waals surface area contributed by atoms with Gasteiger partial charge in [-0.15, -0.1) is 11.3 Å². The molecule has 1 fully saturated rings. The summed E-state index contributed by atoms with van der Waals surface area (Å²) in [4.78, 5) is 35.8. The van der Waals surface area contributed by atoms with Crippen molar-refractivity contribution in [2.24, 2.45) is 0 Å². The van der Waals surface area contributed by atoms with Crippen LogP contribution in [0.25, 0.3) is 10.4 Å². The average molecular weight is 500 g/mol. The van der Waals surface area contributed by atoms with Gasteiger partial charge in [-0.1, -0.05) is 0 Å². The summed E-state index contributed by atoms with van der Waals surface area (Å²) in [6.45, 7) is 5.24. The fourth-order valence-corrected chi connectivity index (χ4v) is 4.66. The molecule has 3 rings (SSSR count). The molecule has 0 saturated carbocycles. The normalized spacial score (nSPS) is 16.9. The number of pyridine rings is 1. The zero-order valence-corrected chi connectivity index (χ0v) is 20.2. The van der Waals surface area contributed by atoms with Crippen molar-refractivity contribution in [3.63, 3.8) is 0 Å². The Bertz CT molecular complexity index is 1070. The Balaban J connectivity index is 2.13. The van der Waals surface area contributed by atoms with Crippen LogP contribution >= 0.6 is 11.3 Å². The summed E-state index contributed by atoms with van der Waals surface area (Å²) in [5.74, 6) is -1.19. The number of nitrogens with zero attached hydrogens (tertiary/aromatic N) is 3. The second-order valence-corrected chi connectivity index (χ2v) is 9.90. The highest BCUT2D eigenvalue weighted by atomic mass is 32.1. The highest BCUT2D eigenvalue weighted by Crippen LogP contribution is 2.41. The van der Waals surface area contributed by atoms with E-state index in [1.54, 1.807) is 4.90 Å². The fraction of sp³-hybridized carbons (Fsp3) is 0.545. The summed E-state index contributed by atoms with van der Waals surface area (Å²) in [5.41, 5.74) is -2.72. The molecule has 1 atom stereocenters. The highest BCUT2D eigenvalue weighted by molar-refractivity contribution is 7.17. The number of hydrogen-bond acceptors (Lipinski definition) is 7. The Morgan fingerprint density at radius 3 is 2.59 bits per heavy atom. The van der Waals surface area contributed by atoms with Crippen molar-refractivity contribution < 1.29 is 27.9 Å². The highest BCUT2D eigenvalue weighted by Gasteiger charge is 2.38. The molecule has 0 radical (unpaired) electrons. The predicted molar refractivity (Wildman–Crippen MR) is 123 cm³/mol. The third-order valence-corrected chi connectivity index (χ3v) is 6.57. The number of alkyl halides is 3. The monoisotopic (exact) mass is 499 g/mol. The molecule has 2 amide bonds. The number of hydrogen-bond donors (Lipinski definition) is 3. The molecule has 3 N–H and O–H groups in total. The largest absolute Gasteiger partial charge is 0.417 e. The molecule has 34 heavy (non-hydrogen) atoms. The number of thiazole rings is 1. The maximum absolute atomic E-state index is 13.9. The maximum Gasteiger partial charge on any atom is 0.417 e. The number of anilines is 1. The lowest BCUT2D eigenvalue weighted by molar-refractivity contribution is -0.137. The van der Waals surface area contributed by atoms with Gasteiger partial charge in [-0.25, -0.2) is 9.97 Å². The van der Waals surface area contributed by atoms with E-state index in [-0.39, 0.29) is 39.5 Å². The van der Waals surface area contributed by atoms with Gasteiger partial charge in [0.05, 0.1) is 16.0 Å². The molecule has 0 aliphatic carbocycles. The smallest absolute Gasteiger partial charge is 0.389 e. The van der Waals surface area contributed by atoms with Crippen LogP contribution in [0.15, 0.2) is 12.3 Å². The number of nitrogens with one attached hydrogen (secondary N) is 2. The van der Waals surface area contributed by atoms with Gasteiger partial charge in [-0.2, -0.15) is 13.2 Å². The number of carbonyl (C=O) groups is 2. The lowest BCUT2D eigenvalue weighted by Gasteiger charge is -2.33. The Morgan fingerprint density at radius 1 is 1.29 bits per heavy atom. The van der Waals surface area contributed by atoms with E-state index < -0.39 is 29.2 Å². The molecular weight excluding hydrogens is 471 g/mol. The van der Waals surface area contributed by atoms with Gasteiger partial charge >= 0.3 is 6.18 Å². The molecule has 2 aromatic rings. The molecule has 0 aromatic carbocycles. The number of carbonyl (C=O) groups excluding carboxylic acids is 2. The van der Waals surface area contributed by atoms with E-state index in [0.29, 0.717) is 17.9 Å². The van der Waals surface area contributed by atoms with Crippen molar-refractivity contribution in [3.05, 3.63) is 28.5 Å². The van der Waals surface area contributed by atoms with Crippen molar-refractivity contribution in [2.75, 3.05) is 25.5 Å². The Labute approximate surface area is 199 Å². The van der Waals surface area contributed by atoms with Crippen LogP contribution in [0.5, 0.6) is 0 Å². The van der Waals surface area contributed by atoms with Gasteiger partial charge in [0.1, 0.15) is 11.5 Å². The standard InChI is InChI=1S/C22H28F3N5O3S/c1-12-7-5-6-8-30(12)20(32)16-17(34-19(29-16)18(31)28-11-21(2,3)33)13-10-27-15(26-4)9-14(13)22(23,24)25/h9-10,12,33H,5-8,11H2,1-4H3,(H,26,27)(H,28,31). The molecule has 1 unspecified atom stereocenters. The second kappa shape index (κ2) is 9.87. The summed E-state index contributed by atoms with van der Waals surface area (Å²) in [6, 6.07) is 0.760. The molecule has 12 heteroatoms. The van der Waals surface area contributed by atoms with Gasteiger partial charge < -0.3 is 20.6 Å². The molecule has 1 aliphatic heterocycles. The fourth-order valence-electron chi connectivity index (χ4n) is 3.66. The van der Waals surface area contributed by atoms with Crippen LogP contribution in [0.2, 0.25) is 0 Å². The summed E-state index contributed by atoms with van der Waals surface area (Å²) in [7, 11) is 1.45. The van der Waals surface area contributed by atoms with Crippen LogP contribution in [-0.4, -0.2) is 63.6 Å². The van der Waals surface area contributed by atoms with Crippen molar-refractivity contribution in [3.8, 4) is 10.4 Å². The van der Waals surface area contributed by atoms with Crippen LogP contribution in [-0.2, 0) is 6.18 Å². The average Bonchev–Trinajstić information content (AvgIpc) is 3.21. The number of piperidine rings is 1. The van der Waals surface area contributed by atoms with E-state index in [1.165, 1.54) is 20.9 Å². The molecule has 0 bridgehead atoms. The van der Waals surface area contributed by atoms with Gasteiger partial charge in [-0.3, -0.25) is 9.59 Å². The van der Waals surface area contributed by atoms with Crippen molar-refractivity contribution >= 4 is 29.0 Å². The lowest BCUT2D eigenvalue weighted by Crippen LogP contribution is -2.42. The van der Waals surface area contributed by atoms with Crippen LogP contribution in [0.1, 0.15) is 65.9 Å². The van der Waals surface area contributed by atoms with Crippen LogP contribution in [0, 0.1) is 0 Å². The summed E-state index contributed by atoms with van der Waals surface area (Å²) >= 11 is 0.696. The minimum atomic E-state index is -4.73. The van der Waals surface area contributed by atoms with Crippen molar-refractivity contribution in [1.82, 2.24) is 20.2 Å². The number of aromatic nitrogens is 2. The zero-order valence-electron chi connectivity index (χ0n) is 19.4. The van der Waals surface area contributed by atoms with E-state index in [0.717, 1.165) is 31.5 Å². The maximum atomic E-state index is 13.9. The molecule has 2 aromatic heterocycles. The predicted octanol–water partition coefficient (Wildman–Crippen LogP) is 3.78. The van der Waals surface area contributed by atoms with E-state index in [4.69, 9.17) is 0 Å². The topological polar surface area (TPSA) is 107 Å². The van der Waals surface area contributed by atoms with Gasteiger partial charge in [-0.05, 0) is 46.1 Å². The molecular formula is C22H28F3N5O3S.